The predicted molar refractivity (Wildman–Crippen MR) is 75.4 cm³/mol. The second-order valence-corrected chi connectivity index (χ2v) is 5.07. The molecule has 3 N–H and O–H groups in total. The van der Waals surface area contributed by atoms with E-state index in [-0.39, 0.29) is 18.2 Å². The molecule has 2 atom stereocenters. The molecular formula is C14H23ClFNO. The van der Waals surface area contributed by atoms with E-state index in [1.54, 1.807) is 19.1 Å². The topological polar surface area (TPSA) is 46.2 Å². The van der Waals surface area contributed by atoms with Crippen molar-refractivity contribution in [1.29, 1.82) is 0 Å². The molecule has 0 saturated carbocycles. The first-order chi connectivity index (χ1) is 7.91. The van der Waals surface area contributed by atoms with Gasteiger partial charge in [0.25, 0.3) is 0 Å². The third-order valence-corrected chi connectivity index (χ3v) is 3.04. The maximum atomic E-state index is 13.4. The van der Waals surface area contributed by atoms with Crippen LogP contribution in [0.2, 0.25) is 0 Å². The summed E-state index contributed by atoms with van der Waals surface area (Å²) in [6.07, 6.45) is 0.955. The Labute approximate surface area is 115 Å². The molecule has 0 radical (unpaired) electrons. The summed E-state index contributed by atoms with van der Waals surface area (Å²) in [6.45, 7) is 5.91. The molecule has 1 rings (SSSR count). The molecule has 0 amide bonds. The molecule has 104 valence electrons. The zero-order valence-corrected chi connectivity index (χ0v) is 12.0. The number of halogens is 2. The normalized spacial score (nSPS) is 14.2. The highest BCUT2D eigenvalue weighted by Crippen LogP contribution is 2.21. The van der Waals surface area contributed by atoms with E-state index in [0.717, 1.165) is 6.42 Å². The van der Waals surface area contributed by atoms with Gasteiger partial charge in [0.2, 0.25) is 0 Å². The molecule has 0 aromatic heterocycles. The Bertz CT molecular complexity index is 371. The summed E-state index contributed by atoms with van der Waals surface area (Å²) in [4.78, 5) is 0. The predicted octanol–water partition coefficient (Wildman–Crippen LogP) is 3.35. The quantitative estimate of drug-likeness (QED) is 0.866. The molecule has 0 saturated heterocycles. The molecule has 1 aromatic carbocycles. The van der Waals surface area contributed by atoms with Crippen LogP contribution in [0, 0.1) is 18.7 Å². The summed E-state index contributed by atoms with van der Waals surface area (Å²) in [5.74, 6) is 0.264. The first-order valence-electron chi connectivity index (χ1n) is 6.11. The number of rotatable bonds is 5. The van der Waals surface area contributed by atoms with Crippen molar-refractivity contribution >= 4 is 12.4 Å². The fourth-order valence-electron chi connectivity index (χ4n) is 1.72. The Morgan fingerprint density at radius 3 is 2.39 bits per heavy atom. The molecule has 0 bridgehead atoms. The molecule has 0 spiro atoms. The van der Waals surface area contributed by atoms with Crippen LogP contribution in [-0.4, -0.2) is 11.2 Å². The number of benzene rings is 1. The highest BCUT2D eigenvalue weighted by Gasteiger charge is 2.17. The van der Waals surface area contributed by atoms with Crippen LogP contribution >= 0.6 is 12.4 Å². The second-order valence-electron chi connectivity index (χ2n) is 5.07. The van der Waals surface area contributed by atoms with Crippen molar-refractivity contribution < 1.29 is 9.50 Å². The number of aliphatic hydroxyl groups is 1. The Morgan fingerprint density at radius 2 is 1.89 bits per heavy atom. The van der Waals surface area contributed by atoms with Crippen molar-refractivity contribution in [3.8, 4) is 0 Å². The van der Waals surface area contributed by atoms with Gasteiger partial charge in [-0.2, -0.15) is 0 Å². The number of aryl methyl sites for hydroxylation is 1. The molecule has 0 aliphatic carbocycles. The summed E-state index contributed by atoms with van der Waals surface area (Å²) >= 11 is 0. The van der Waals surface area contributed by atoms with Crippen LogP contribution in [0.1, 0.15) is 43.9 Å². The maximum absolute atomic E-state index is 13.4. The van der Waals surface area contributed by atoms with Crippen molar-refractivity contribution in [2.24, 2.45) is 11.7 Å². The molecule has 0 unspecified atom stereocenters. The number of hydrogen-bond acceptors (Lipinski definition) is 2. The van der Waals surface area contributed by atoms with Crippen LogP contribution in [0.3, 0.4) is 0 Å². The van der Waals surface area contributed by atoms with Gasteiger partial charge in [-0.3, -0.25) is 0 Å². The first-order valence-corrected chi connectivity index (χ1v) is 6.11. The zero-order chi connectivity index (χ0) is 13.0. The zero-order valence-electron chi connectivity index (χ0n) is 11.2. The minimum Gasteiger partial charge on any atom is -0.391 e. The van der Waals surface area contributed by atoms with Gasteiger partial charge in [0, 0.05) is 0 Å². The molecular weight excluding hydrogens is 253 g/mol. The van der Waals surface area contributed by atoms with Gasteiger partial charge >= 0.3 is 0 Å². The Kier molecular flexibility index (Phi) is 7.45. The van der Waals surface area contributed by atoms with Crippen molar-refractivity contribution in [3.63, 3.8) is 0 Å². The third-order valence-electron chi connectivity index (χ3n) is 3.04. The van der Waals surface area contributed by atoms with Crippen molar-refractivity contribution in [1.82, 2.24) is 0 Å². The lowest BCUT2D eigenvalue weighted by Gasteiger charge is -2.20. The maximum Gasteiger partial charge on any atom is 0.126 e. The van der Waals surface area contributed by atoms with E-state index in [9.17, 15) is 9.50 Å². The second kappa shape index (κ2) is 7.72. The average Bonchev–Trinajstić information content (AvgIpc) is 2.28. The highest BCUT2D eigenvalue weighted by molar-refractivity contribution is 5.85. The van der Waals surface area contributed by atoms with Crippen molar-refractivity contribution in [2.75, 3.05) is 0 Å². The summed E-state index contributed by atoms with van der Waals surface area (Å²) < 4.78 is 13.4. The lowest BCUT2D eigenvalue weighted by atomic mass is 9.95. The summed E-state index contributed by atoms with van der Waals surface area (Å²) in [6, 6.07) is 4.38. The number of aliphatic hydroxyl groups excluding tert-OH is 1. The van der Waals surface area contributed by atoms with Crippen molar-refractivity contribution in [2.45, 2.75) is 45.8 Å². The van der Waals surface area contributed by atoms with Crippen molar-refractivity contribution in [3.05, 3.63) is 35.1 Å². The lowest BCUT2D eigenvalue weighted by molar-refractivity contribution is 0.128. The summed E-state index contributed by atoms with van der Waals surface area (Å²) in [7, 11) is 0. The van der Waals surface area contributed by atoms with Gasteiger partial charge in [0.1, 0.15) is 5.82 Å². The van der Waals surface area contributed by atoms with E-state index in [0.29, 0.717) is 23.5 Å². The van der Waals surface area contributed by atoms with Crippen LogP contribution in [-0.2, 0) is 0 Å². The Balaban J connectivity index is 0.00000289. The summed E-state index contributed by atoms with van der Waals surface area (Å²) in [5, 5.41) is 9.93. The monoisotopic (exact) mass is 275 g/mol. The van der Waals surface area contributed by atoms with Crippen LogP contribution < -0.4 is 5.73 Å². The third kappa shape index (κ3) is 4.92. The molecule has 0 fully saturated rings. The summed E-state index contributed by atoms with van der Waals surface area (Å²) in [5.41, 5.74) is 7.18. The minimum absolute atomic E-state index is 0. The van der Waals surface area contributed by atoms with E-state index < -0.39 is 12.1 Å². The van der Waals surface area contributed by atoms with E-state index >= 15 is 0 Å². The lowest BCUT2D eigenvalue weighted by Crippen LogP contribution is -2.26. The standard InChI is InChI=1S/C14H22FNO.ClH/c1-9(2)4-7-13(17)14(16)11-6-5-10(3)12(15)8-11;/h5-6,8-9,13-14,17H,4,7,16H2,1-3H3;1H/t13-,14+;/m0./s1. The van der Waals surface area contributed by atoms with Gasteiger partial charge < -0.3 is 10.8 Å². The van der Waals surface area contributed by atoms with E-state index in [2.05, 4.69) is 13.8 Å². The average molecular weight is 276 g/mol. The minimum atomic E-state index is -0.612. The van der Waals surface area contributed by atoms with Gasteiger partial charge in [-0.1, -0.05) is 26.0 Å². The van der Waals surface area contributed by atoms with Gasteiger partial charge in [0.15, 0.2) is 0 Å². The molecule has 0 heterocycles. The molecule has 4 heteroatoms. The van der Waals surface area contributed by atoms with Gasteiger partial charge in [-0.05, 0) is 42.9 Å². The molecule has 2 nitrogen and oxygen atoms in total. The van der Waals surface area contributed by atoms with Crippen LogP contribution in [0.15, 0.2) is 18.2 Å². The van der Waals surface area contributed by atoms with E-state index in [1.807, 2.05) is 0 Å². The molecule has 18 heavy (non-hydrogen) atoms. The Morgan fingerprint density at radius 1 is 1.28 bits per heavy atom. The first kappa shape index (κ1) is 17.4. The Hall–Kier alpha value is -0.640. The van der Waals surface area contributed by atoms with E-state index in [4.69, 9.17) is 5.73 Å². The largest absolute Gasteiger partial charge is 0.391 e. The number of nitrogens with two attached hydrogens (primary N) is 1. The van der Waals surface area contributed by atoms with Gasteiger partial charge in [-0.25, -0.2) is 4.39 Å². The smallest absolute Gasteiger partial charge is 0.126 e. The molecule has 0 aliphatic rings. The molecule has 1 aromatic rings. The van der Waals surface area contributed by atoms with E-state index in [1.165, 1.54) is 6.07 Å². The number of hydrogen-bond donors (Lipinski definition) is 2. The SMILES string of the molecule is Cc1ccc([C@@H](N)[C@@H](O)CCC(C)C)cc1F.Cl. The van der Waals surface area contributed by atoms with Gasteiger partial charge in [0.05, 0.1) is 12.1 Å². The highest BCUT2D eigenvalue weighted by atomic mass is 35.5. The molecule has 0 aliphatic heterocycles. The van der Waals surface area contributed by atoms with Crippen LogP contribution in [0.4, 0.5) is 4.39 Å². The van der Waals surface area contributed by atoms with Crippen LogP contribution in [0.5, 0.6) is 0 Å². The fraction of sp³-hybridized carbons (Fsp3) is 0.571. The van der Waals surface area contributed by atoms with Crippen LogP contribution in [0.25, 0.3) is 0 Å². The van der Waals surface area contributed by atoms with Gasteiger partial charge in [-0.15, -0.1) is 12.4 Å². The fourth-order valence-corrected chi connectivity index (χ4v) is 1.72.